The van der Waals surface area contributed by atoms with Crippen LogP contribution in [-0.2, 0) is 4.79 Å². The number of hydrogen-bond donors (Lipinski definition) is 4. The van der Waals surface area contributed by atoms with E-state index in [1.807, 2.05) is 0 Å². The third-order valence-corrected chi connectivity index (χ3v) is 2.73. The first kappa shape index (κ1) is 15.0. The van der Waals surface area contributed by atoms with Crippen LogP contribution in [0.1, 0.15) is 17.3 Å². The first-order valence-electron chi connectivity index (χ1n) is 5.21. The number of rotatable bonds is 4. The largest absolute Gasteiger partial charge is 0.478 e. The molecule has 1 unspecified atom stereocenters. The molecule has 0 saturated heterocycles. The van der Waals surface area contributed by atoms with E-state index < -0.39 is 23.9 Å². The van der Waals surface area contributed by atoms with E-state index in [-0.39, 0.29) is 11.3 Å². The molecule has 1 rings (SSSR count). The fraction of sp³-hybridized carbons (Fsp3) is 0.182. The van der Waals surface area contributed by atoms with Crippen LogP contribution < -0.4 is 16.4 Å². The Labute approximate surface area is 117 Å². The minimum absolute atomic E-state index is 0.0729. The number of amides is 3. The van der Waals surface area contributed by atoms with Gasteiger partial charge in [-0.1, -0.05) is 15.9 Å². The Morgan fingerprint density at radius 2 is 2.00 bits per heavy atom. The van der Waals surface area contributed by atoms with Gasteiger partial charge in [0.1, 0.15) is 6.04 Å². The Morgan fingerprint density at radius 3 is 2.53 bits per heavy atom. The van der Waals surface area contributed by atoms with Crippen molar-refractivity contribution < 1.29 is 19.5 Å². The molecule has 5 N–H and O–H groups in total. The predicted octanol–water partition coefficient (Wildman–Crippen LogP) is 1.14. The van der Waals surface area contributed by atoms with Crippen LogP contribution in [0.3, 0.4) is 0 Å². The quantitative estimate of drug-likeness (QED) is 0.661. The molecule has 19 heavy (non-hydrogen) atoms. The number of hydrogen-bond acceptors (Lipinski definition) is 3. The van der Waals surface area contributed by atoms with E-state index in [1.54, 1.807) is 6.07 Å². The van der Waals surface area contributed by atoms with Gasteiger partial charge in [0, 0.05) is 4.47 Å². The zero-order valence-electron chi connectivity index (χ0n) is 9.94. The summed E-state index contributed by atoms with van der Waals surface area (Å²) in [4.78, 5) is 33.4. The molecule has 0 bridgehead atoms. The number of carboxylic acid groups (broad SMARTS) is 1. The van der Waals surface area contributed by atoms with Crippen molar-refractivity contribution in [2.24, 2.45) is 5.73 Å². The summed E-state index contributed by atoms with van der Waals surface area (Å²) < 4.78 is 0.571. The zero-order valence-corrected chi connectivity index (χ0v) is 11.5. The van der Waals surface area contributed by atoms with Crippen molar-refractivity contribution in [3.05, 3.63) is 28.2 Å². The van der Waals surface area contributed by atoms with Crippen LogP contribution in [0.2, 0.25) is 0 Å². The van der Waals surface area contributed by atoms with Gasteiger partial charge in [0.25, 0.3) is 0 Å². The SMILES string of the molecule is CC(NC(=O)Nc1ccc(Br)cc1C(=O)O)C(N)=O. The van der Waals surface area contributed by atoms with Gasteiger partial charge in [-0.3, -0.25) is 4.79 Å². The van der Waals surface area contributed by atoms with Crippen LogP contribution in [-0.4, -0.2) is 29.1 Å². The number of aromatic carboxylic acids is 1. The van der Waals surface area contributed by atoms with E-state index in [4.69, 9.17) is 10.8 Å². The highest BCUT2D eigenvalue weighted by Crippen LogP contribution is 2.21. The molecule has 0 aliphatic carbocycles. The molecule has 1 aromatic carbocycles. The van der Waals surface area contributed by atoms with Crippen molar-refractivity contribution in [2.75, 3.05) is 5.32 Å². The second kappa shape index (κ2) is 6.19. The number of benzene rings is 1. The van der Waals surface area contributed by atoms with Gasteiger partial charge in [-0.2, -0.15) is 0 Å². The van der Waals surface area contributed by atoms with Crippen LogP contribution in [0.4, 0.5) is 10.5 Å². The van der Waals surface area contributed by atoms with Crippen LogP contribution in [0.5, 0.6) is 0 Å². The van der Waals surface area contributed by atoms with Crippen LogP contribution in [0, 0.1) is 0 Å². The Hall–Kier alpha value is -2.09. The molecule has 0 aromatic heterocycles. The number of nitrogens with one attached hydrogen (secondary N) is 2. The van der Waals surface area contributed by atoms with Crippen molar-refractivity contribution in [2.45, 2.75) is 13.0 Å². The number of halogens is 1. The van der Waals surface area contributed by atoms with Crippen molar-refractivity contribution in [1.82, 2.24) is 5.32 Å². The van der Waals surface area contributed by atoms with Crippen molar-refractivity contribution in [3.8, 4) is 0 Å². The standard InChI is InChI=1S/C11H12BrN3O4/c1-5(9(13)16)14-11(19)15-8-3-2-6(12)4-7(8)10(17)18/h2-5H,1H3,(H2,13,16)(H,17,18)(H2,14,15,19). The number of primary amides is 1. The lowest BCUT2D eigenvalue weighted by atomic mass is 10.2. The minimum Gasteiger partial charge on any atom is -0.478 e. The molecule has 0 radical (unpaired) electrons. The summed E-state index contributed by atoms with van der Waals surface area (Å²) in [5, 5.41) is 13.6. The van der Waals surface area contributed by atoms with Crippen molar-refractivity contribution >= 4 is 39.5 Å². The molecule has 8 heteroatoms. The van der Waals surface area contributed by atoms with E-state index in [0.29, 0.717) is 4.47 Å². The third-order valence-electron chi connectivity index (χ3n) is 2.23. The van der Waals surface area contributed by atoms with Gasteiger partial charge in [-0.15, -0.1) is 0 Å². The molecule has 3 amide bonds. The Balaban J connectivity index is 2.85. The highest BCUT2D eigenvalue weighted by atomic mass is 79.9. The minimum atomic E-state index is -1.18. The summed E-state index contributed by atoms with van der Waals surface area (Å²) in [6, 6.07) is 2.80. The first-order valence-corrected chi connectivity index (χ1v) is 6.00. The third kappa shape index (κ3) is 4.25. The van der Waals surface area contributed by atoms with E-state index in [2.05, 4.69) is 26.6 Å². The summed E-state index contributed by atoms with van der Waals surface area (Å²) in [7, 11) is 0. The first-order chi connectivity index (χ1) is 8.81. The summed E-state index contributed by atoms with van der Waals surface area (Å²) in [5.74, 6) is -1.87. The van der Waals surface area contributed by atoms with Gasteiger partial charge in [0.15, 0.2) is 0 Å². The maximum absolute atomic E-state index is 11.6. The van der Waals surface area contributed by atoms with Gasteiger partial charge >= 0.3 is 12.0 Å². The van der Waals surface area contributed by atoms with Crippen LogP contribution >= 0.6 is 15.9 Å². The van der Waals surface area contributed by atoms with Crippen molar-refractivity contribution in [3.63, 3.8) is 0 Å². The molecule has 0 aliphatic rings. The number of carbonyl (C=O) groups excluding carboxylic acids is 2. The van der Waals surface area contributed by atoms with E-state index >= 15 is 0 Å². The van der Waals surface area contributed by atoms with Crippen LogP contribution in [0.25, 0.3) is 0 Å². The molecule has 1 aromatic rings. The summed E-state index contributed by atoms with van der Waals surface area (Å²) in [6.45, 7) is 1.42. The average molecular weight is 330 g/mol. The predicted molar refractivity (Wildman–Crippen MR) is 71.9 cm³/mol. The number of nitrogens with two attached hydrogens (primary N) is 1. The summed E-state index contributed by atoms with van der Waals surface area (Å²) in [5.41, 5.74) is 5.04. The topological polar surface area (TPSA) is 122 Å². The smallest absolute Gasteiger partial charge is 0.337 e. The van der Waals surface area contributed by atoms with Crippen LogP contribution in [0.15, 0.2) is 22.7 Å². The normalized spacial score (nSPS) is 11.5. The number of urea groups is 1. The molecule has 102 valence electrons. The molecule has 1 atom stereocenters. The zero-order chi connectivity index (χ0) is 14.6. The Kier molecular flexibility index (Phi) is 4.87. The summed E-state index contributed by atoms with van der Waals surface area (Å²) >= 11 is 3.14. The second-order valence-electron chi connectivity index (χ2n) is 3.72. The maximum Gasteiger partial charge on any atom is 0.337 e. The fourth-order valence-electron chi connectivity index (χ4n) is 1.23. The highest BCUT2D eigenvalue weighted by molar-refractivity contribution is 9.10. The maximum atomic E-state index is 11.6. The fourth-order valence-corrected chi connectivity index (χ4v) is 1.59. The van der Waals surface area contributed by atoms with E-state index in [1.165, 1.54) is 19.1 Å². The van der Waals surface area contributed by atoms with Gasteiger partial charge in [-0.05, 0) is 25.1 Å². The molecule has 0 aliphatic heterocycles. The molecular weight excluding hydrogens is 318 g/mol. The van der Waals surface area contributed by atoms with Gasteiger partial charge in [0.05, 0.1) is 11.3 Å². The molecule has 0 heterocycles. The van der Waals surface area contributed by atoms with E-state index in [9.17, 15) is 14.4 Å². The number of anilines is 1. The monoisotopic (exact) mass is 329 g/mol. The number of carboxylic acids is 1. The Bertz CT molecular complexity index is 533. The molecule has 0 spiro atoms. The lowest BCUT2D eigenvalue weighted by Gasteiger charge is -2.13. The lowest BCUT2D eigenvalue weighted by molar-refractivity contribution is -0.119. The van der Waals surface area contributed by atoms with Gasteiger partial charge in [-0.25, -0.2) is 9.59 Å². The van der Waals surface area contributed by atoms with Gasteiger partial charge in [0.2, 0.25) is 5.91 Å². The highest BCUT2D eigenvalue weighted by Gasteiger charge is 2.15. The summed E-state index contributed by atoms with van der Waals surface area (Å²) in [6.07, 6.45) is 0. The van der Waals surface area contributed by atoms with Crippen molar-refractivity contribution in [1.29, 1.82) is 0 Å². The Morgan fingerprint density at radius 1 is 1.37 bits per heavy atom. The van der Waals surface area contributed by atoms with E-state index in [0.717, 1.165) is 0 Å². The number of carbonyl (C=O) groups is 3. The van der Waals surface area contributed by atoms with Gasteiger partial charge < -0.3 is 21.5 Å². The average Bonchev–Trinajstić information content (AvgIpc) is 2.30. The lowest BCUT2D eigenvalue weighted by Crippen LogP contribution is -2.44. The molecule has 0 fully saturated rings. The second-order valence-corrected chi connectivity index (χ2v) is 4.63. The molecule has 0 saturated carbocycles. The molecular formula is C11H12BrN3O4. The molecule has 7 nitrogen and oxygen atoms in total.